The molecule has 0 spiro atoms. The van der Waals surface area contributed by atoms with Crippen LogP contribution in [0.25, 0.3) is 0 Å². The molecule has 34 heavy (non-hydrogen) atoms. The van der Waals surface area contributed by atoms with Gasteiger partial charge in [-0.3, -0.25) is 15.6 Å². The molecule has 0 saturated carbocycles. The van der Waals surface area contributed by atoms with Crippen LogP contribution >= 0.6 is 12.2 Å². The van der Waals surface area contributed by atoms with Crippen molar-refractivity contribution in [2.45, 2.75) is 44.9 Å². The molecule has 0 saturated heterocycles. The predicted octanol–water partition coefficient (Wildman–Crippen LogP) is 3.22. The number of benzene rings is 1. The van der Waals surface area contributed by atoms with Crippen molar-refractivity contribution >= 4 is 29.1 Å². The van der Waals surface area contributed by atoms with Crippen LogP contribution in [0, 0.1) is 13.8 Å². The summed E-state index contributed by atoms with van der Waals surface area (Å²) in [5, 5.41) is 10.2. The highest BCUT2D eigenvalue weighted by Gasteiger charge is 2.46. The maximum Gasteiger partial charge on any atom is 0.410 e. The van der Waals surface area contributed by atoms with Crippen molar-refractivity contribution in [2.75, 3.05) is 32.5 Å². The average molecular weight is 498 g/mol. The average Bonchev–Trinajstić information content (AvgIpc) is 3.19. The molecule has 186 valence electrons. The number of hydrazine groups is 1. The summed E-state index contributed by atoms with van der Waals surface area (Å²) in [5.74, 6) is -0.559. The third-order valence-electron chi connectivity index (χ3n) is 5.71. The second-order valence-corrected chi connectivity index (χ2v) is 9.09. The lowest BCUT2D eigenvalue weighted by Crippen LogP contribution is -2.47. The number of halogens is 3. The van der Waals surface area contributed by atoms with Gasteiger partial charge in [0, 0.05) is 19.0 Å². The zero-order valence-corrected chi connectivity index (χ0v) is 20.4. The van der Waals surface area contributed by atoms with Gasteiger partial charge in [0.25, 0.3) is 5.91 Å². The minimum atomic E-state index is -4.52. The van der Waals surface area contributed by atoms with Crippen LogP contribution in [0.2, 0.25) is 0 Å². The number of rotatable bonds is 6. The van der Waals surface area contributed by atoms with E-state index in [2.05, 4.69) is 26.6 Å². The molecule has 4 N–H and O–H groups in total. The number of hydrogen-bond acceptors (Lipinski definition) is 5. The Kier molecular flexibility index (Phi) is 8.03. The fourth-order valence-corrected chi connectivity index (χ4v) is 3.86. The highest BCUT2D eigenvalue weighted by molar-refractivity contribution is 7.80. The highest BCUT2D eigenvalue weighted by atomic mass is 32.1. The van der Waals surface area contributed by atoms with Crippen LogP contribution in [-0.2, 0) is 0 Å². The van der Waals surface area contributed by atoms with Gasteiger partial charge in [0.1, 0.15) is 5.82 Å². The summed E-state index contributed by atoms with van der Waals surface area (Å²) in [7, 11) is 3.92. The lowest BCUT2D eigenvalue weighted by atomic mass is 9.94. The van der Waals surface area contributed by atoms with Crippen molar-refractivity contribution in [3.05, 3.63) is 46.6 Å². The number of aromatic nitrogens is 2. The molecule has 1 aromatic carbocycles. The van der Waals surface area contributed by atoms with E-state index in [9.17, 15) is 18.0 Å². The number of nitrogens with one attached hydrogen (secondary N) is 4. The van der Waals surface area contributed by atoms with Crippen LogP contribution in [0.15, 0.2) is 24.3 Å². The summed E-state index contributed by atoms with van der Waals surface area (Å²) in [6, 6.07) is 4.49. The quantitative estimate of drug-likeness (QED) is 0.277. The lowest BCUT2D eigenvalue weighted by molar-refractivity contribution is -0.173. The molecule has 3 rings (SSSR count). The molecular formula is C22H30F3N7OS. The first-order valence-corrected chi connectivity index (χ1v) is 11.4. The number of anilines is 1. The second kappa shape index (κ2) is 10.6. The van der Waals surface area contributed by atoms with E-state index in [1.165, 1.54) is 6.07 Å². The molecule has 1 aliphatic heterocycles. The number of aryl methyl sites for hydroxylation is 2. The minimum absolute atomic E-state index is 0.131. The summed E-state index contributed by atoms with van der Waals surface area (Å²) in [6.07, 6.45) is -3.91. The van der Waals surface area contributed by atoms with Crippen molar-refractivity contribution in [2.24, 2.45) is 0 Å². The molecule has 8 nitrogen and oxygen atoms in total. The standard InChI is InChI=1S/C22H30F3N7OS/c1-13-6-7-15(10-14(13)2)16-11-18(22(23,24)25)32-19(27-16)12-17(30-32)20(33)28-29-21(34)26-8-5-9-31(3)4/h6-7,10,12,16,18,27H,5,8-9,11H2,1-4H3,(H,28,33)(H2,26,29,34)/t16-,18-/m0/s1. The van der Waals surface area contributed by atoms with E-state index < -0.39 is 24.2 Å². The molecule has 1 amide bonds. The fourth-order valence-electron chi connectivity index (χ4n) is 3.70. The fraction of sp³-hybridized carbons (Fsp3) is 0.500. The Morgan fingerprint density at radius 3 is 2.62 bits per heavy atom. The van der Waals surface area contributed by atoms with Crippen molar-refractivity contribution < 1.29 is 18.0 Å². The zero-order chi connectivity index (χ0) is 25.0. The summed E-state index contributed by atoms with van der Waals surface area (Å²) in [5.41, 5.74) is 7.60. The van der Waals surface area contributed by atoms with Crippen LogP contribution in [-0.4, -0.2) is 59.1 Å². The number of hydrogen-bond donors (Lipinski definition) is 4. The molecule has 2 aromatic rings. The van der Waals surface area contributed by atoms with Gasteiger partial charge in [-0.05, 0) is 69.8 Å². The van der Waals surface area contributed by atoms with Gasteiger partial charge in [0.15, 0.2) is 16.8 Å². The van der Waals surface area contributed by atoms with Crippen LogP contribution in [0.5, 0.6) is 0 Å². The van der Waals surface area contributed by atoms with E-state index >= 15 is 0 Å². The molecule has 12 heteroatoms. The number of thiocarbonyl (C=S) groups is 1. The molecule has 0 unspecified atom stereocenters. The molecule has 1 aliphatic rings. The monoisotopic (exact) mass is 497 g/mol. The molecule has 2 heterocycles. The maximum atomic E-state index is 13.9. The van der Waals surface area contributed by atoms with Crippen LogP contribution in [0.4, 0.5) is 19.0 Å². The smallest absolute Gasteiger partial charge is 0.363 e. The van der Waals surface area contributed by atoms with Crippen LogP contribution < -0.4 is 21.5 Å². The first-order chi connectivity index (χ1) is 16.0. The summed E-state index contributed by atoms with van der Waals surface area (Å²) in [4.78, 5) is 14.6. The second-order valence-electron chi connectivity index (χ2n) is 8.68. The van der Waals surface area contributed by atoms with Crippen molar-refractivity contribution in [3.8, 4) is 0 Å². The maximum absolute atomic E-state index is 13.9. The Balaban J connectivity index is 1.70. The molecule has 0 bridgehead atoms. The predicted molar refractivity (Wildman–Crippen MR) is 129 cm³/mol. The van der Waals surface area contributed by atoms with E-state index in [1.807, 2.05) is 51.0 Å². The van der Waals surface area contributed by atoms with E-state index in [0.29, 0.717) is 6.54 Å². The molecule has 0 aliphatic carbocycles. The normalized spacial score (nSPS) is 17.6. The summed E-state index contributed by atoms with van der Waals surface area (Å²) in [6.45, 7) is 5.35. The lowest BCUT2D eigenvalue weighted by Gasteiger charge is -2.33. The van der Waals surface area contributed by atoms with Gasteiger partial charge in [0.05, 0.1) is 6.04 Å². The molecule has 0 fully saturated rings. The van der Waals surface area contributed by atoms with Crippen LogP contribution in [0.1, 0.15) is 52.1 Å². The topological polar surface area (TPSA) is 86.2 Å². The Hall–Kier alpha value is -2.86. The molecule has 1 aromatic heterocycles. The largest absolute Gasteiger partial charge is 0.410 e. The van der Waals surface area contributed by atoms with Gasteiger partial charge >= 0.3 is 6.18 Å². The number of carbonyl (C=O) groups excluding carboxylic acids is 1. The minimum Gasteiger partial charge on any atom is -0.363 e. The number of fused-ring (bicyclic) bond motifs is 1. The van der Waals surface area contributed by atoms with Gasteiger partial charge in [-0.25, -0.2) is 4.68 Å². The van der Waals surface area contributed by atoms with Gasteiger partial charge in [0.2, 0.25) is 0 Å². The van der Waals surface area contributed by atoms with Crippen molar-refractivity contribution in [3.63, 3.8) is 0 Å². The van der Waals surface area contributed by atoms with E-state index in [1.54, 1.807) is 0 Å². The number of alkyl halides is 3. The number of amides is 1. The molecule has 0 radical (unpaired) electrons. The molecular weight excluding hydrogens is 467 g/mol. The van der Waals surface area contributed by atoms with E-state index in [4.69, 9.17) is 12.2 Å². The first kappa shape index (κ1) is 25.8. The third kappa shape index (κ3) is 6.38. The Labute approximate surface area is 202 Å². The third-order valence-corrected chi connectivity index (χ3v) is 5.96. The summed E-state index contributed by atoms with van der Waals surface area (Å²) < 4.78 is 42.5. The summed E-state index contributed by atoms with van der Waals surface area (Å²) >= 11 is 5.11. The zero-order valence-electron chi connectivity index (χ0n) is 19.6. The van der Waals surface area contributed by atoms with Crippen LogP contribution in [0.3, 0.4) is 0 Å². The first-order valence-electron chi connectivity index (χ1n) is 10.9. The number of carbonyl (C=O) groups is 1. The van der Waals surface area contributed by atoms with Gasteiger partial charge in [-0.15, -0.1) is 0 Å². The molecule has 2 atom stereocenters. The van der Waals surface area contributed by atoms with Crippen molar-refractivity contribution in [1.82, 2.24) is 30.8 Å². The Morgan fingerprint density at radius 1 is 1.24 bits per heavy atom. The number of nitrogens with zero attached hydrogens (tertiary/aromatic N) is 3. The van der Waals surface area contributed by atoms with E-state index in [0.717, 1.165) is 34.3 Å². The Bertz CT molecular complexity index is 1040. The van der Waals surface area contributed by atoms with Crippen molar-refractivity contribution in [1.29, 1.82) is 0 Å². The Morgan fingerprint density at radius 2 is 1.97 bits per heavy atom. The van der Waals surface area contributed by atoms with Gasteiger partial charge in [-0.1, -0.05) is 18.2 Å². The van der Waals surface area contributed by atoms with Gasteiger partial charge in [-0.2, -0.15) is 18.3 Å². The SMILES string of the molecule is Cc1ccc([C@@H]2C[C@@H](C(F)(F)F)n3nc(C(=O)NNC(=S)NCCCN(C)C)cc3N2)cc1C. The van der Waals surface area contributed by atoms with Gasteiger partial charge < -0.3 is 15.5 Å². The van der Waals surface area contributed by atoms with E-state index in [-0.39, 0.29) is 23.0 Å². The highest BCUT2D eigenvalue weighted by Crippen LogP contribution is 2.43.